The van der Waals surface area contributed by atoms with Crippen molar-refractivity contribution in [2.45, 2.75) is 37.3 Å². The van der Waals surface area contributed by atoms with Crippen molar-refractivity contribution in [3.05, 3.63) is 40.8 Å². The van der Waals surface area contributed by atoms with Crippen LogP contribution in [0.15, 0.2) is 34.5 Å². The first-order valence-electron chi connectivity index (χ1n) is 7.93. The number of thiophene rings is 1. The van der Waals surface area contributed by atoms with Gasteiger partial charge in [0.05, 0.1) is 5.69 Å². The van der Waals surface area contributed by atoms with Gasteiger partial charge in [0.2, 0.25) is 5.91 Å². The number of sulfonamides is 1. The monoisotopic (exact) mass is 364 g/mol. The third kappa shape index (κ3) is 3.32. The molecular formula is C17H20N2O3S2. The fourth-order valence-electron chi connectivity index (χ4n) is 2.86. The fraction of sp³-hybridized carbons (Fsp3) is 0.353. The van der Waals surface area contributed by atoms with E-state index in [1.807, 2.05) is 19.1 Å². The van der Waals surface area contributed by atoms with Crippen molar-refractivity contribution < 1.29 is 13.2 Å². The zero-order valence-electron chi connectivity index (χ0n) is 13.7. The zero-order chi connectivity index (χ0) is 17.3. The molecule has 1 N–H and O–H groups in total. The van der Waals surface area contributed by atoms with Crippen LogP contribution in [-0.4, -0.2) is 20.9 Å². The van der Waals surface area contributed by atoms with Crippen molar-refractivity contribution in [1.29, 1.82) is 0 Å². The molecule has 1 aromatic heterocycles. The standard InChI is InChI=1S/C17H20N2O3S2/c1-3-15-8-9-17(23-15)24(21,22)18-14-7-6-13-5-4-10-19(12(2)20)16(13)11-14/h6-9,11,18H,3-5,10H2,1-2H3. The molecule has 0 aliphatic carbocycles. The molecule has 1 aliphatic heterocycles. The number of carbonyl (C=O) groups is 1. The molecule has 5 nitrogen and oxygen atoms in total. The molecule has 0 atom stereocenters. The van der Waals surface area contributed by atoms with Crippen molar-refractivity contribution in [3.63, 3.8) is 0 Å². The Morgan fingerprint density at radius 2 is 2.08 bits per heavy atom. The summed E-state index contributed by atoms with van der Waals surface area (Å²) in [4.78, 5) is 14.5. The van der Waals surface area contributed by atoms with Crippen LogP contribution in [0.1, 0.15) is 30.7 Å². The molecule has 0 bridgehead atoms. The number of aryl methyl sites for hydroxylation is 2. The summed E-state index contributed by atoms with van der Waals surface area (Å²) in [6.45, 7) is 4.20. The van der Waals surface area contributed by atoms with E-state index in [4.69, 9.17) is 0 Å². The molecule has 7 heteroatoms. The van der Waals surface area contributed by atoms with Crippen LogP contribution in [0.4, 0.5) is 11.4 Å². The van der Waals surface area contributed by atoms with E-state index >= 15 is 0 Å². The minimum Gasteiger partial charge on any atom is -0.312 e. The first kappa shape index (κ1) is 17.0. The van der Waals surface area contributed by atoms with Crippen LogP contribution in [0.25, 0.3) is 0 Å². The molecule has 0 spiro atoms. The van der Waals surface area contributed by atoms with E-state index < -0.39 is 10.0 Å². The number of hydrogen-bond donors (Lipinski definition) is 1. The van der Waals surface area contributed by atoms with Crippen molar-refractivity contribution in [2.24, 2.45) is 0 Å². The summed E-state index contributed by atoms with van der Waals surface area (Å²) in [7, 11) is -3.60. The van der Waals surface area contributed by atoms with Gasteiger partial charge in [-0.2, -0.15) is 0 Å². The molecule has 2 aromatic rings. The third-order valence-corrected chi connectivity index (χ3v) is 7.19. The van der Waals surface area contributed by atoms with Crippen LogP contribution >= 0.6 is 11.3 Å². The highest BCUT2D eigenvalue weighted by Crippen LogP contribution is 2.31. The van der Waals surface area contributed by atoms with Crippen molar-refractivity contribution in [3.8, 4) is 0 Å². The number of anilines is 2. The smallest absolute Gasteiger partial charge is 0.271 e. The van der Waals surface area contributed by atoms with E-state index in [1.54, 1.807) is 23.1 Å². The second kappa shape index (κ2) is 6.57. The molecule has 0 radical (unpaired) electrons. The van der Waals surface area contributed by atoms with Gasteiger partial charge in [-0.05, 0) is 49.1 Å². The van der Waals surface area contributed by atoms with E-state index in [2.05, 4.69) is 4.72 Å². The Balaban J connectivity index is 1.90. The highest BCUT2D eigenvalue weighted by atomic mass is 32.2. The minimum atomic E-state index is -3.60. The number of nitrogens with one attached hydrogen (secondary N) is 1. The van der Waals surface area contributed by atoms with E-state index in [-0.39, 0.29) is 5.91 Å². The van der Waals surface area contributed by atoms with Crippen LogP contribution in [0.2, 0.25) is 0 Å². The van der Waals surface area contributed by atoms with Crippen LogP contribution in [0.3, 0.4) is 0 Å². The highest BCUT2D eigenvalue weighted by Gasteiger charge is 2.22. The van der Waals surface area contributed by atoms with Crippen LogP contribution in [-0.2, 0) is 27.7 Å². The first-order valence-corrected chi connectivity index (χ1v) is 10.2. The van der Waals surface area contributed by atoms with Crippen LogP contribution < -0.4 is 9.62 Å². The predicted octanol–water partition coefficient (Wildman–Crippen LogP) is 3.41. The topological polar surface area (TPSA) is 66.5 Å². The number of hydrogen-bond acceptors (Lipinski definition) is 4. The summed E-state index contributed by atoms with van der Waals surface area (Å²) in [5.41, 5.74) is 2.35. The third-order valence-electron chi connectivity index (χ3n) is 4.09. The normalized spacial score (nSPS) is 14.3. The Bertz CT molecular complexity index is 872. The van der Waals surface area contributed by atoms with Gasteiger partial charge in [0.15, 0.2) is 0 Å². The number of benzene rings is 1. The van der Waals surface area contributed by atoms with Crippen molar-refractivity contribution >= 4 is 38.6 Å². The Morgan fingerprint density at radius 3 is 2.75 bits per heavy atom. The van der Waals surface area contributed by atoms with Gasteiger partial charge in [0, 0.05) is 24.0 Å². The molecule has 3 rings (SSSR count). The zero-order valence-corrected chi connectivity index (χ0v) is 15.3. The van der Waals surface area contributed by atoms with Crippen LogP contribution in [0, 0.1) is 0 Å². The van der Waals surface area contributed by atoms with E-state index in [1.165, 1.54) is 18.3 Å². The lowest BCUT2D eigenvalue weighted by Gasteiger charge is -2.29. The molecule has 0 unspecified atom stereocenters. The van der Waals surface area contributed by atoms with Gasteiger partial charge < -0.3 is 4.90 Å². The Morgan fingerprint density at radius 1 is 1.29 bits per heavy atom. The summed E-state index contributed by atoms with van der Waals surface area (Å²) in [6, 6.07) is 8.88. The summed E-state index contributed by atoms with van der Waals surface area (Å²) >= 11 is 1.28. The molecule has 2 heterocycles. The lowest BCUT2D eigenvalue weighted by molar-refractivity contribution is -0.116. The highest BCUT2D eigenvalue weighted by molar-refractivity contribution is 7.94. The van der Waals surface area contributed by atoms with Crippen molar-refractivity contribution in [1.82, 2.24) is 0 Å². The minimum absolute atomic E-state index is 0.0261. The summed E-state index contributed by atoms with van der Waals surface area (Å²) in [5.74, 6) is -0.0261. The Hall–Kier alpha value is -1.86. The SMILES string of the molecule is CCc1ccc(S(=O)(=O)Nc2ccc3c(c2)N(C(C)=O)CCC3)s1. The lowest BCUT2D eigenvalue weighted by atomic mass is 10.0. The van der Waals surface area contributed by atoms with Gasteiger partial charge in [0.25, 0.3) is 10.0 Å². The fourth-order valence-corrected chi connectivity index (χ4v) is 5.21. The summed E-state index contributed by atoms with van der Waals surface area (Å²) in [6.07, 6.45) is 2.64. The van der Waals surface area contributed by atoms with Gasteiger partial charge in [-0.25, -0.2) is 8.42 Å². The number of rotatable bonds is 4. The van der Waals surface area contributed by atoms with E-state index in [9.17, 15) is 13.2 Å². The molecule has 24 heavy (non-hydrogen) atoms. The second-order valence-corrected chi connectivity index (χ2v) is 8.88. The summed E-state index contributed by atoms with van der Waals surface area (Å²) in [5, 5.41) is 0. The molecule has 1 amide bonds. The predicted molar refractivity (Wildman–Crippen MR) is 97.3 cm³/mol. The lowest BCUT2D eigenvalue weighted by Crippen LogP contribution is -2.33. The molecule has 1 aromatic carbocycles. The molecule has 0 saturated heterocycles. The van der Waals surface area contributed by atoms with Crippen LogP contribution in [0.5, 0.6) is 0 Å². The van der Waals surface area contributed by atoms with Gasteiger partial charge in [-0.3, -0.25) is 9.52 Å². The molecule has 0 fully saturated rings. The molecular weight excluding hydrogens is 344 g/mol. The largest absolute Gasteiger partial charge is 0.312 e. The van der Waals surface area contributed by atoms with Crippen molar-refractivity contribution in [2.75, 3.05) is 16.2 Å². The molecule has 128 valence electrons. The maximum absolute atomic E-state index is 12.5. The van der Waals surface area contributed by atoms with Gasteiger partial charge in [-0.15, -0.1) is 11.3 Å². The van der Waals surface area contributed by atoms with Gasteiger partial charge in [-0.1, -0.05) is 13.0 Å². The Kier molecular flexibility index (Phi) is 4.64. The quantitative estimate of drug-likeness (QED) is 0.904. The average molecular weight is 364 g/mol. The first-order chi connectivity index (χ1) is 11.4. The number of amides is 1. The summed E-state index contributed by atoms with van der Waals surface area (Å²) < 4.78 is 28.0. The van der Waals surface area contributed by atoms with Gasteiger partial charge in [0.1, 0.15) is 4.21 Å². The van der Waals surface area contributed by atoms with Gasteiger partial charge >= 0.3 is 0 Å². The average Bonchev–Trinajstić information content (AvgIpc) is 3.03. The Labute approximate surface area is 146 Å². The second-order valence-electron chi connectivity index (χ2n) is 5.80. The maximum atomic E-state index is 12.5. The van der Waals surface area contributed by atoms with E-state index in [0.717, 1.165) is 35.4 Å². The number of nitrogens with zero attached hydrogens (tertiary/aromatic N) is 1. The maximum Gasteiger partial charge on any atom is 0.271 e. The molecule has 0 saturated carbocycles. The number of fused-ring (bicyclic) bond motifs is 1. The molecule has 1 aliphatic rings. The van der Waals surface area contributed by atoms with E-state index in [0.29, 0.717) is 16.4 Å². The number of carbonyl (C=O) groups excluding carboxylic acids is 1.